The van der Waals surface area contributed by atoms with Gasteiger partial charge in [-0.25, -0.2) is 4.79 Å². The van der Waals surface area contributed by atoms with Crippen LogP contribution in [0.4, 0.5) is 4.79 Å². The number of esters is 1. The quantitative estimate of drug-likeness (QED) is 0.369. The first-order valence-electron chi connectivity index (χ1n) is 13.3. The second-order valence-electron chi connectivity index (χ2n) is 11.5. The SMILES string of the molecule is CC(=O)OCc1ccsc1CN(CCC1(c2ccccn2)CCOC2(CCCC2)C1)C(=O)OC(C)(C)C. The van der Waals surface area contributed by atoms with Crippen LogP contribution in [-0.2, 0) is 37.6 Å². The molecule has 1 saturated carbocycles. The molecule has 2 fully saturated rings. The number of rotatable bonds is 8. The van der Waals surface area contributed by atoms with E-state index < -0.39 is 5.60 Å². The van der Waals surface area contributed by atoms with Gasteiger partial charge in [0.25, 0.3) is 0 Å². The van der Waals surface area contributed by atoms with E-state index in [0.717, 1.165) is 48.2 Å². The lowest BCUT2D eigenvalue weighted by Gasteiger charge is -2.47. The van der Waals surface area contributed by atoms with Gasteiger partial charge in [0.2, 0.25) is 0 Å². The molecule has 1 unspecified atom stereocenters. The molecule has 0 bridgehead atoms. The highest BCUT2D eigenvalue weighted by Gasteiger charge is 2.48. The second-order valence-corrected chi connectivity index (χ2v) is 12.5. The number of hydrogen-bond donors (Lipinski definition) is 0. The average Bonchev–Trinajstić information content (AvgIpc) is 3.49. The highest BCUT2D eigenvalue weighted by Crippen LogP contribution is 2.49. The van der Waals surface area contributed by atoms with Crippen molar-refractivity contribution < 1.29 is 23.8 Å². The predicted octanol–water partition coefficient (Wildman–Crippen LogP) is 6.39. The van der Waals surface area contributed by atoms with Crippen molar-refractivity contribution in [3.05, 3.63) is 52.0 Å². The zero-order valence-corrected chi connectivity index (χ0v) is 23.4. The molecule has 8 heteroatoms. The topological polar surface area (TPSA) is 78.0 Å². The average molecular weight is 529 g/mol. The number of nitrogens with zero attached hydrogens (tertiary/aromatic N) is 2. The van der Waals surface area contributed by atoms with E-state index >= 15 is 0 Å². The first kappa shape index (κ1) is 27.6. The standard InChI is InChI=1S/C29H40N2O5S/c1-22(32)34-20-23-10-18-37-24(23)19-31(26(33)36-27(2,3)4)16-13-28(25-9-5-8-15-30-25)14-17-35-29(21-28)11-6-7-12-29/h5,8-10,15,18H,6-7,11-14,16-17,19-21H2,1-4H3. The molecule has 1 aliphatic heterocycles. The summed E-state index contributed by atoms with van der Waals surface area (Å²) in [7, 11) is 0. The molecule has 202 valence electrons. The third-order valence-electron chi connectivity index (χ3n) is 7.49. The first-order chi connectivity index (χ1) is 17.6. The normalized spacial score (nSPS) is 21.1. The maximum atomic E-state index is 13.4. The van der Waals surface area contributed by atoms with E-state index in [1.165, 1.54) is 19.8 Å². The molecule has 7 nitrogen and oxygen atoms in total. The fourth-order valence-electron chi connectivity index (χ4n) is 5.69. The lowest BCUT2D eigenvalue weighted by molar-refractivity contribution is -0.142. The Labute approximate surface area is 224 Å². The molecule has 4 rings (SSSR count). The van der Waals surface area contributed by atoms with E-state index in [0.29, 0.717) is 19.7 Å². The summed E-state index contributed by atoms with van der Waals surface area (Å²) in [6.45, 7) is 8.92. The van der Waals surface area contributed by atoms with Crippen LogP contribution in [0.5, 0.6) is 0 Å². The number of thiophene rings is 1. The Hall–Kier alpha value is -2.45. The third-order valence-corrected chi connectivity index (χ3v) is 8.44. The Morgan fingerprint density at radius 3 is 2.62 bits per heavy atom. The number of ether oxygens (including phenoxy) is 3. The van der Waals surface area contributed by atoms with Crippen LogP contribution in [0.1, 0.15) is 88.8 Å². The van der Waals surface area contributed by atoms with Gasteiger partial charge < -0.3 is 19.1 Å². The van der Waals surface area contributed by atoms with Gasteiger partial charge in [0.1, 0.15) is 12.2 Å². The van der Waals surface area contributed by atoms with Gasteiger partial charge in [-0.15, -0.1) is 11.3 Å². The number of amides is 1. The van der Waals surface area contributed by atoms with Crippen LogP contribution in [-0.4, -0.2) is 46.3 Å². The second kappa shape index (κ2) is 11.5. The Kier molecular flexibility index (Phi) is 8.59. The van der Waals surface area contributed by atoms with Crippen molar-refractivity contribution in [2.45, 2.75) is 102 Å². The fraction of sp³-hybridized carbons (Fsp3) is 0.621. The van der Waals surface area contributed by atoms with E-state index in [1.54, 1.807) is 16.2 Å². The maximum Gasteiger partial charge on any atom is 0.410 e. The van der Waals surface area contributed by atoms with Crippen LogP contribution < -0.4 is 0 Å². The Morgan fingerprint density at radius 1 is 1.16 bits per heavy atom. The van der Waals surface area contributed by atoms with Crippen molar-refractivity contribution in [2.75, 3.05) is 13.2 Å². The molecule has 1 amide bonds. The minimum atomic E-state index is -0.601. The highest BCUT2D eigenvalue weighted by atomic mass is 32.1. The van der Waals surface area contributed by atoms with Crippen molar-refractivity contribution in [2.24, 2.45) is 0 Å². The number of hydrogen-bond acceptors (Lipinski definition) is 7. The molecule has 0 aromatic carbocycles. The van der Waals surface area contributed by atoms with E-state index in [9.17, 15) is 9.59 Å². The smallest absolute Gasteiger partial charge is 0.410 e. The number of aromatic nitrogens is 1. The molecular weight excluding hydrogens is 488 g/mol. The summed E-state index contributed by atoms with van der Waals surface area (Å²) in [6.07, 6.45) is 8.69. The van der Waals surface area contributed by atoms with Crippen LogP contribution in [0, 0.1) is 0 Å². The Bertz CT molecular complexity index is 1060. The molecule has 37 heavy (non-hydrogen) atoms. The van der Waals surface area contributed by atoms with Crippen molar-refractivity contribution in [1.82, 2.24) is 9.88 Å². The van der Waals surface area contributed by atoms with E-state index in [4.69, 9.17) is 19.2 Å². The largest absolute Gasteiger partial charge is 0.461 e. The van der Waals surface area contributed by atoms with Crippen molar-refractivity contribution in [3.63, 3.8) is 0 Å². The highest BCUT2D eigenvalue weighted by molar-refractivity contribution is 7.10. The molecule has 1 aliphatic carbocycles. The maximum absolute atomic E-state index is 13.4. The number of carbonyl (C=O) groups is 2. The minimum Gasteiger partial charge on any atom is -0.461 e. The summed E-state index contributed by atoms with van der Waals surface area (Å²) in [5.74, 6) is -0.321. The zero-order valence-electron chi connectivity index (χ0n) is 22.6. The van der Waals surface area contributed by atoms with Gasteiger partial charge in [-0.1, -0.05) is 18.9 Å². The van der Waals surface area contributed by atoms with Crippen LogP contribution >= 0.6 is 11.3 Å². The number of pyridine rings is 1. The molecule has 0 radical (unpaired) electrons. The van der Waals surface area contributed by atoms with E-state index in [2.05, 4.69) is 12.1 Å². The summed E-state index contributed by atoms with van der Waals surface area (Å²) in [4.78, 5) is 32.4. The summed E-state index contributed by atoms with van der Waals surface area (Å²) in [5, 5.41) is 1.97. The summed E-state index contributed by atoms with van der Waals surface area (Å²) in [5.41, 5.74) is 1.15. The summed E-state index contributed by atoms with van der Waals surface area (Å²) < 4.78 is 17.5. The van der Waals surface area contributed by atoms with E-state index in [-0.39, 0.29) is 29.7 Å². The Balaban J connectivity index is 1.58. The molecule has 1 saturated heterocycles. The predicted molar refractivity (Wildman–Crippen MR) is 143 cm³/mol. The molecule has 0 N–H and O–H groups in total. The van der Waals surface area contributed by atoms with Gasteiger partial charge >= 0.3 is 12.1 Å². The third kappa shape index (κ3) is 7.11. The van der Waals surface area contributed by atoms with Crippen molar-refractivity contribution in [1.29, 1.82) is 0 Å². The zero-order chi connectivity index (χ0) is 26.5. The molecule has 2 aromatic heterocycles. The van der Waals surface area contributed by atoms with Gasteiger partial charge in [0, 0.05) is 47.8 Å². The summed E-state index contributed by atoms with van der Waals surface area (Å²) in [6, 6.07) is 8.09. The minimum absolute atomic E-state index is 0.0858. The molecular formula is C29H40N2O5S. The van der Waals surface area contributed by atoms with Crippen molar-refractivity contribution >= 4 is 23.4 Å². The van der Waals surface area contributed by atoms with Crippen LogP contribution in [0.3, 0.4) is 0 Å². The number of carbonyl (C=O) groups excluding carboxylic acids is 2. The van der Waals surface area contributed by atoms with Crippen LogP contribution in [0.2, 0.25) is 0 Å². The Morgan fingerprint density at radius 2 is 1.95 bits per heavy atom. The molecule has 3 heterocycles. The van der Waals surface area contributed by atoms with Crippen molar-refractivity contribution in [3.8, 4) is 0 Å². The lowest BCUT2D eigenvalue weighted by Crippen LogP contribution is -2.48. The van der Waals surface area contributed by atoms with Crippen LogP contribution in [0.25, 0.3) is 0 Å². The fourth-order valence-corrected chi connectivity index (χ4v) is 6.60. The van der Waals surface area contributed by atoms with Crippen LogP contribution in [0.15, 0.2) is 35.8 Å². The molecule has 1 atom stereocenters. The first-order valence-corrected chi connectivity index (χ1v) is 14.2. The van der Waals surface area contributed by atoms with Gasteiger partial charge in [0.15, 0.2) is 0 Å². The molecule has 2 aliphatic rings. The molecule has 2 aromatic rings. The lowest BCUT2D eigenvalue weighted by atomic mass is 9.68. The molecule has 1 spiro atoms. The van der Waals surface area contributed by atoms with Gasteiger partial charge in [-0.05, 0) is 76.5 Å². The van der Waals surface area contributed by atoms with Gasteiger partial charge in [0.05, 0.1) is 12.1 Å². The van der Waals surface area contributed by atoms with Gasteiger partial charge in [-0.3, -0.25) is 9.78 Å². The summed E-state index contributed by atoms with van der Waals surface area (Å²) >= 11 is 1.56. The van der Waals surface area contributed by atoms with Gasteiger partial charge in [-0.2, -0.15) is 0 Å². The monoisotopic (exact) mass is 528 g/mol. The van der Waals surface area contributed by atoms with E-state index in [1.807, 2.05) is 44.5 Å².